The minimum atomic E-state index is -0.486. The van der Waals surface area contributed by atoms with Gasteiger partial charge in [-0.05, 0) is 28.5 Å². The van der Waals surface area contributed by atoms with E-state index in [4.69, 9.17) is 0 Å². The highest BCUT2D eigenvalue weighted by Crippen LogP contribution is 2.25. The maximum atomic E-state index is 12.0. The average Bonchev–Trinajstić information content (AvgIpc) is 2.98. The number of nitro groups is 1. The first-order chi connectivity index (χ1) is 8.58. The molecule has 2 rings (SSSR count). The van der Waals surface area contributed by atoms with Gasteiger partial charge in [0.2, 0.25) is 0 Å². The van der Waals surface area contributed by atoms with Crippen LogP contribution in [0.1, 0.15) is 15.2 Å². The Bertz CT molecular complexity index is 563. The Balaban J connectivity index is 2.08. The van der Waals surface area contributed by atoms with Crippen LogP contribution in [-0.4, -0.2) is 22.8 Å². The minimum absolute atomic E-state index is 0.0118. The lowest BCUT2D eigenvalue weighted by Gasteiger charge is -2.14. The van der Waals surface area contributed by atoms with Gasteiger partial charge in [-0.1, -0.05) is 11.3 Å². The molecular formula is C11H10N2O3S2. The van der Waals surface area contributed by atoms with Gasteiger partial charge in [0.1, 0.15) is 0 Å². The smallest absolute Gasteiger partial charge is 0.324 e. The number of carbonyl (C=O) groups is 1. The number of carbonyl (C=O) groups excluding carboxylic acids is 1. The third-order valence-corrected chi connectivity index (χ3v) is 4.09. The molecule has 2 aromatic rings. The largest absolute Gasteiger partial charge is 0.337 e. The molecule has 0 aliphatic heterocycles. The van der Waals surface area contributed by atoms with Crippen molar-refractivity contribution in [1.82, 2.24) is 4.90 Å². The lowest BCUT2D eigenvalue weighted by Crippen LogP contribution is -2.25. The molecule has 0 radical (unpaired) electrons. The van der Waals surface area contributed by atoms with Crippen LogP contribution in [0, 0.1) is 10.1 Å². The Hall–Kier alpha value is -1.73. The van der Waals surface area contributed by atoms with E-state index in [1.807, 2.05) is 16.8 Å². The fraction of sp³-hybridized carbons (Fsp3) is 0.182. The van der Waals surface area contributed by atoms with E-state index in [-0.39, 0.29) is 10.9 Å². The van der Waals surface area contributed by atoms with Gasteiger partial charge in [-0.2, -0.15) is 11.3 Å². The van der Waals surface area contributed by atoms with Crippen LogP contribution in [0.25, 0.3) is 0 Å². The predicted molar refractivity (Wildman–Crippen MR) is 71.1 cm³/mol. The molecule has 0 saturated heterocycles. The second-order valence-electron chi connectivity index (χ2n) is 3.69. The highest BCUT2D eigenvalue weighted by atomic mass is 32.1. The number of rotatable bonds is 4. The summed E-state index contributed by atoms with van der Waals surface area (Å²) >= 11 is 2.47. The molecule has 0 aliphatic carbocycles. The third kappa shape index (κ3) is 2.74. The van der Waals surface area contributed by atoms with Crippen molar-refractivity contribution in [2.45, 2.75) is 6.54 Å². The molecule has 1 amide bonds. The van der Waals surface area contributed by atoms with Gasteiger partial charge in [0.15, 0.2) is 0 Å². The summed E-state index contributed by atoms with van der Waals surface area (Å²) in [6.45, 7) is 0.508. The molecule has 0 aromatic carbocycles. The molecular weight excluding hydrogens is 272 g/mol. The van der Waals surface area contributed by atoms with E-state index in [2.05, 4.69) is 0 Å². The Labute approximate surface area is 111 Å². The molecule has 2 heterocycles. The molecule has 2 aromatic heterocycles. The molecule has 0 saturated carbocycles. The monoisotopic (exact) mass is 282 g/mol. The highest BCUT2D eigenvalue weighted by molar-refractivity contribution is 7.17. The predicted octanol–water partition coefficient (Wildman–Crippen LogP) is 2.99. The van der Waals surface area contributed by atoms with Crippen molar-refractivity contribution in [3.63, 3.8) is 0 Å². The Kier molecular flexibility index (Phi) is 3.73. The zero-order valence-electron chi connectivity index (χ0n) is 9.53. The normalized spacial score (nSPS) is 10.3. The second kappa shape index (κ2) is 5.28. The van der Waals surface area contributed by atoms with Gasteiger partial charge in [0.05, 0.1) is 9.80 Å². The van der Waals surface area contributed by atoms with Crippen LogP contribution in [0.2, 0.25) is 0 Å². The molecule has 0 fully saturated rings. The van der Waals surface area contributed by atoms with E-state index in [1.165, 1.54) is 12.1 Å². The molecule has 0 spiro atoms. The number of hydrogen-bond donors (Lipinski definition) is 0. The van der Waals surface area contributed by atoms with Gasteiger partial charge < -0.3 is 4.90 Å². The fourth-order valence-corrected chi connectivity index (χ4v) is 2.93. The zero-order valence-corrected chi connectivity index (χ0v) is 11.2. The lowest BCUT2D eigenvalue weighted by molar-refractivity contribution is -0.380. The van der Waals surface area contributed by atoms with Crippen molar-refractivity contribution >= 4 is 33.6 Å². The van der Waals surface area contributed by atoms with Crippen molar-refractivity contribution in [3.8, 4) is 0 Å². The molecule has 0 unspecified atom stereocenters. The molecule has 5 nitrogen and oxygen atoms in total. The summed E-state index contributed by atoms with van der Waals surface area (Å²) in [7, 11) is 1.69. The second-order valence-corrected chi connectivity index (χ2v) is 5.53. The van der Waals surface area contributed by atoms with Crippen molar-refractivity contribution in [3.05, 3.63) is 49.5 Å². The van der Waals surface area contributed by atoms with E-state index in [9.17, 15) is 14.9 Å². The number of hydrogen-bond acceptors (Lipinski definition) is 5. The zero-order chi connectivity index (χ0) is 13.1. The van der Waals surface area contributed by atoms with Gasteiger partial charge in [0, 0.05) is 19.7 Å². The highest BCUT2D eigenvalue weighted by Gasteiger charge is 2.18. The van der Waals surface area contributed by atoms with Gasteiger partial charge in [-0.15, -0.1) is 0 Å². The number of nitrogens with zero attached hydrogens (tertiary/aromatic N) is 2. The standard InChI is InChI=1S/C11H10N2O3S2/c1-12(6-8-4-5-17-7-8)11(14)9-2-3-10(18-9)13(15)16/h2-5,7H,6H2,1H3. The van der Waals surface area contributed by atoms with Crippen molar-refractivity contribution in [1.29, 1.82) is 0 Å². The molecule has 0 atom stereocenters. The van der Waals surface area contributed by atoms with Gasteiger partial charge >= 0.3 is 5.00 Å². The van der Waals surface area contributed by atoms with Crippen LogP contribution < -0.4 is 0 Å². The summed E-state index contributed by atoms with van der Waals surface area (Å²) in [5.74, 6) is -0.195. The molecule has 0 N–H and O–H groups in total. The Morgan fingerprint density at radius 1 is 1.44 bits per heavy atom. The number of thiophene rings is 2. The fourth-order valence-electron chi connectivity index (χ4n) is 1.46. The number of amides is 1. The molecule has 0 bridgehead atoms. The Morgan fingerprint density at radius 2 is 2.22 bits per heavy atom. The lowest BCUT2D eigenvalue weighted by atomic mass is 10.3. The third-order valence-electron chi connectivity index (χ3n) is 2.33. The summed E-state index contributed by atoms with van der Waals surface area (Å²) in [4.78, 5) is 24.0. The van der Waals surface area contributed by atoms with Crippen molar-refractivity contribution in [2.24, 2.45) is 0 Å². The van der Waals surface area contributed by atoms with E-state index in [0.29, 0.717) is 11.4 Å². The van der Waals surface area contributed by atoms with E-state index in [1.54, 1.807) is 23.3 Å². The molecule has 94 valence electrons. The molecule has 7 heteroatoms. The van der Waals surface area contributed by atoms with Gasteiger partial charge in [-0.25, -0.2) is 0 Å². The summed E-state index contributed by atoms with van der Waals surface area (Å²) in [5, 5.41) is 14.5. The van der Waals surface area contributed by atoms with Gasteiger partial charge in [0.25, 0.3) is 5.91 Å². The van der Waals surface area contributed by atoms with E-state index < -0.39 is 4.92 Å². The van der Waals surface area contributed by atoms with Crippen molar-refractivity contribution < 1.29 is 9.72 Å². The first-order valence-corrected chi connectivity index (χ1v) is 6.84. The quantitative estimate of drug-likeness (QED) is 0.639. The first-order valence-electron chi connectivity index (χ1n) is 5.08. The minimum Gasteiger partial charge on any atom is -0.337 e. The van der Waals surface area contributed by atoms with Crippen LogP contribution >= 0.6 is 22.7 Å². The van der Waals surface area contributed by atoms with E-state index >= 15 is 0 Å². The maximum absolute atomic E-state index is 12.0. The summed E-state index contributed by atoms with van der Waals surface area (Å²) in [6, 6.07) is 4.80. The maximum Gasteiger partial charge on any atom is 0.324 e. The van der Waals surface area contributed by atoms with Crippen LogP contribution in [0.3, 0.4) is 0 Å². The summed E-state index contributed by atoms with van der Waals surface area (Å²) < 4.78 is 0. The average molecular weight is 282 g/mol. The van der Waals surface area contributed by atoms with Crippen molar-refractivity contribution in [2.75, 3.05) is 7.05 Å². The first kappa shape index (κ1) is 12.7. The summed E-state index contributed by atoms with van der Waals surface area (Å²) in [6.07, 6.45) is 0. The SMILES string of the molecule is CN(Cc1ccsc1)C(=O)c1ccc([N+](=O)[O-])s1. The summed E-state index contributed by atoms with van der Waals surface area (Å²) in [5.41, 5.74) is 1.06. The van der Waals surface area contributed by atoms with Gasteiger partial charge in [-0.3, -0.25) is 14.9 Å². The topological polar surface area (TPSA) is 63.5 Å². The van der Waals surface area contributed by atoms with Crippen LogP contribution in [-0.2, 0) is 6.54 Å². The Morgan fingerprint density at radius 3 is 2.78 bits per heavy atom. The van der Waals surface area contributed by atoms with E-state index in [0.717, 1.165) is 16.9 Å². The molecule has 0 aliphatic rings. The van der Waals surface area contributed by atoms with Crippen LogP contribution in [0.15, 0.2) is 29.0 Å². The molecule has 18 heavy (non-hydrogen) atoms. The van der Waals surface area contributed by atoms with Crippen LogP contribution in [0.5, 0.6) is 0 Å². The van der Waals surface area contributed by atoms with Crippen LogP contribution in [0.4, 0.5) is 5.00 Å².